The number of rotatable bonds is 1. The largest absolute Gasteiger partial charge is 0.312 e. The van der Waals surface area contributed by atoms with Crippen molar-refractivity contribution in [1.82, 2.24) is 9.29 Å². The van der Waals surface area contributed by atoms with Gasteiger partial charge >= 0.3 is 0 Å². The minimum absolute atomic E-state index is 0.156. The molecule has 5 heteroatoms. The van der Waals surface area contributed by atoms with Crippen LogP contribution in [0.3, 0.4) is 0 Å². The third-order valence-corrected chi connectivity index (χ3v) is 4.74. The van der Waals surface area contributed by atoms with Crippen LogP contribution in [0.15, 0.2) is 18.2 Å². The van der Waals surface area contributed by atoms with Gasteiger partial charge in [-0.15, -0.1) is 0 Å². The lowest BCUT2D eigenvalue weighted by Gasteiger charge is -2.14. The van der Waals surface area contributed by atoms with Crippen LogP contribution in [0.2, 0.25) is 0 Å². The van der Waals surface area contributed by atoms with Crippen molar-refractivity contribution < 1.29 is 4.39 Å². The first-order chi connectivity index (χ1) is 7.81. The van der Waals surface area contributed by atoms with Crippen LogP contribution >= 0.6 is 30.3 Å². The molecule has 2 aromatic rings. The Balaban J connectivity index is 2.37. The second kappa shape index (κ2) is 4.19. The van der Waals surface area contributed by atoms with Gasteiger partial charge in [-0.25, -0.2) is 4.39 Å². The van der Waals surface area contributed by atoms with E-state index in [1.54, 1.807) is 15.2 Å². The first-order valence-electron chi connectivity index (χ1n) is 5.13. The van der Waals surface area contributed by atoms with Gasteiger partial charge in [0.05, 0.1) is 5.52 Å². The summed E-state index contributed by atoms with van der Waals surface area (Å²) in [5.74, 6) is -0.156. The maximum atomic E-state index is 13.3. The fourth-order valence-electron chi connectivity index (χ4n) is 2.30. The molecule has 0 radical (unpaired) electrons. The highest BCUT2D eigenvalue weighted by Crippen LogP contribution is 2.34. The van der Waals surface area contributed by atoms with Crippen molar-refractivity contribution in [1.29, 1.82) is 0 Å². The second-order valence-electron chi connectivity index (χ2n) is 3.88. The fourth-order valence-corrected chi connectivity index (χ4v) is 4.17. The summed E-state index contributed by atoms with van der Waals surface area (Å²) < 4.78 is 15.5. The molecular formula is C11H10FIN2S. The van der Waals surface area contributed by atoms with Gasteiger partial charge in [0.15, 0.2) is 0 Å². The van der Waals surface area contributed by atoms with Gasteiger partial charge in [-0.05, 0) is 23.8 Å². The molecule has 2 nitrogen and oxygen atoms in total. The first-order valence-corrected chi connectivity index (χ1v) is 8.44. The normalized spacial score (nSPS) is 15.4. The van der Waals surface area contributed by atoms with E-state index in [1.165, 1.54) is 17.3 Å². The van der Waals surface area contributed by atoms with Gasteiger partial charge in [0.25, 0.3) is 0 Å². The molecular weight excluding hydrogens is 338 g/mol. The van der Waals surface area contributed by atoms with E-state index in [0.29, 0.717) is 0 Å². The lowest BCUT2D eigenvalue weighted by molar-refractivity contribution is 0.628. The molecule has 1 aliphatic heterocycles. The Bertz CT molecular complexity index is 552. The van der Waals surface area contributed by atoms with Gasteiger partial charge in [-0.1, -0.05) is 0 Å². The van der Waals surface area contributed by atoms with E-state index in [-0.39, 0.29) is 5.82 Å². The Kier molecular flexibility index (Phi) is 2.85. The average Bonchev–Trinajstić information content (AvgIpc) is 2.62. The molecule has 84 valence electrons. The minimum atomic E-state index is -0.156. The van der Waals surface area contributed by atoms with Crippen LogP contribution < -0.4 is 5.32 Å². The van der Waals surface area contributed by atoms with Gasteiger partial charge in [0, 0.05) is 60.9 Å². The monoisotopic (exact) mass is 348 g/mol. The molecule has 0 saturated heterocycles. The minimum Gasteiger partial charge on any atom is -0.312 e. The lowest BCUT2D eigenvalue weighted by Crippen LogP contribution is -2.23. The Morgan fingerprint density at radius 2 is 2.31 bits per heavy atom. The van der Waals surface area contributed by atoms with Gasteiger partial charge in [-0.3, -0.25) is 3.97 Å². The number of hydrogen-bond donors (Lipinski definition) is 1. The summed E-state index contributed by atoms with van der Waals surface area (Å²) in [5.41, 5.74) is 3.71. The van der Waals surface area contributed by atoms with Crippen LogP contribution in [-0.2, 0) is 13.0 Å². The molecule has 0 fully saturated rings. The average molecular weight is 348 g/mol. The van der Waals surface area contributed by atoms with Crippen molar-refractivity contribution in [3.63, 3.8) is 0 Å². The maximum absolute atomic E-state index is 13.3. The summed E-state index contributed by atoms with van der Waals surface area (Å²) in [7, 11) is 1.66. The summed E-state index contributed by atoms with van der Waals surface area (Å²) in [5, 5.41) is 4.39. The Labute approximate surface area is 109 Å². The van der Waals surface area contributed by atoms with Crippen LogP contribution in [-0.4, -0.2) is 10.5 Å². The van der Waals surface area contributed by atoms with E-state index >= 15 is 0 Å². The number of nitrogens with one attached hydrogen (secondary N) is 1. The molecule has 0 unspecified atom stereocenters. The maximum Gasteiger partial charge on any atom is 0.123 e. The zero-order chi connectivity index (χ0) is 11.1. The molecule has 16 heavy (non-hydrogen) atoms. The quantitative estimate of drug-likeness (QED) is 0.797. The number of aromatic nitrogens is 1. The van der Waals surface area contributed by atoms with Crippen molar-refractivity contribution in [3.05, 3.63) is 35.3 Å². The number of hydrogen-bond acceptors (Lipinski definition) is 2. The predicted molar refractivity (Wildman–Crippen MR) is 74.3 cm³/mol. The van der Waals surface area contributed by atoms with Crippen LogP contribution in [0.1, 0.15) is 11.3 Å². The van der Waals surface area contributed by atoms with Crippen molar-refractivity contribution in [2.75, 3.05) is 6.54 Å². The second-order valence-corrected chi connectivity index (χ2v) is 5.56. The third kappa shape index (κ3) is 1.56. The Morgan fingerprint density at radius 3 is 3.12 bits per heavy atom. The molecule has 1 aromatic carbocycles. The van der Waals surface area contributed by atoms with E-state index in [0.717, 1.165) is 30.4 Å². The van der Waals surface area contributed by atoms with E-state index in [1.807, 2.05) is 6.07 Å². The van der Waals surface area contributed by atoms with Crippen molar-refractivity contribution in [3.8, 4) is 0 Å². The molecule has 2 heterocycles. The topological polar surface area (TPSA) is 17.0 Å². The Morgan fingerprint density at radius 1 is 1.44 bits per heavy atom. The molecule has 1 aliphatic rings. The summed E-state index contributed by atoms with van der Waals surface area (Å²) in [6.07, 6.45) is 1.02. The highest BCUT2D eigenvalue weighted by molar-refractivity contribution is 14.2. The highest BCUT2D eigenvalue weighted by Gasteiger charge is 2.19. The standard InChI is InChI=1S/C11H10FIN2S/c12-7-1-2-10-8(5-7)9-6-14-4-3-11(9)15(10)16-13/h1-2,5,14H,3-4,6H2. The van der Waals surface area contributed by atoms with Crippen LogP contribution in [0.5, 0.6) is 0 Å². The van der Waals surface area contributed by atoms with Crippen molar-refractivity contribution >= 4 is 41.2 Å². The lowest BCUT2D eigenvalue weighted by atomic mass is 10.1. The number of nitrogens with zero attached hydrogens (tertiary/aromatic N) is 1. The van der Waals surface area contributed by atoms with Crippen LogP contribution in [0, 0.1) is 5.82 Å². The summed E-state index contributed by atoms with van der Waals surface area (Å²) in [6, 6.07) is 5.05. The van der Waals surface area contributed by atoms with Gasteiger partial charge in [0.2, 0.25) is 0 Å². The van der Waals surface area contributed by atoms with E-state index < -0.39 is 0 Å². The molecule has 1 N–H and O–H groups in total. The van der Waals surface area contributed by atoms with Gasteiger partial charge in [-0.2, -0.15) is 0 Å². The number of fused-ring (bicyclic) bond motifs is 3. The molecule has 0 saturated carbocycles. The predicted octanol–water partition coefficient (Wildman–Crippen LogP) is 3.27. The molecule has 0 aliphatic carbocycles. The van der Waals surface area contributed by atoms with E-state index in [9.17, 15) is 4.39 Å². The molecule has 3 rings (SSSR count). The van der Waals surface area contributed by atoms with Crippen LogP contribution in [0.4, 0.5) is 4.39 Å². The summed E-state index contributed by atoms with van der Waals surface area (Å²) in [4.78, 5) is 0. The molecule has 0 amide bonds. The molecule has 1 aromatic heterocycles. The third-order valence-electron chi connectivity index (χ3n) is 3.01. The van der Waals surface area contributed by atoms with Crippen LogP contribution in [0.25, 0.3) is 10.9 Å². The van der Waals surface area contributed by atoms with Crippen molar-refractivity contribution in [2.45, 2.75) is 13.0 Å². The molecule has 0 bridgehead atoms. The number of halogens is 2. The molecule has 0 atom stereocenters. The Hall–Kier alpha value is -0.270. The SMILES string of the molecule is Fc1ccc2c(c1)c1c(n2SI)CCNC1. The first kappa shape index (κ1) is 10.9. The van der Waals surface area contributed by atoms with E-state index in [2.05, 4.69) is 30.5 Å². The smallest absolute Gasteiger partial charge is 0.123 e. The van der Waals surface area contributed by atoms with Gasteiger partial charge in [0.1, 0.15) is 5.82 Å². The summed E-state index contributed by atoms with van der Waals surface area (Å²) >= 11 is 2.28. The van der Waals surface area contributed by atoms with Gasteiger partial charge < -0.3 is 5.32 Å². The molecule has 0 spiro atoms. The highest BCUT2D eigenvalue weighted by atomic mass is 127. The zero-order valence-electron chi connectivity index (χ0n) is 8.46. The summed E-state index contributed by atoms with van der Waals surface area (Å²) in [6.45, 7) is 1.85. The van der Waals surface area contributed by atoms with E-state index in [4.69, 9.17) is 0 Å². The zero-order valence-corrected chi connectivity index (χ0v) is 11.4. The number of benzene rings is 1. The van der Waals surface area contributed by atoms with Crippen molar-refractivity contribution in [2.24, 2.45) is 0 Å². The fraction of sp³-hybridized carbons (Fsp3) is 0.273.